The molecule has 7 nitrogen and oxygen atoms in total. The lowest BCUT2D eigenvalue weighted by atomic mass is 10.1. The van der Waals surface area contributed by atoms with Crippen molar-refractivity contribution < 1.29 is 14.5 Å². The standard InChI is InChI=1S/C20H21N3O4/c1-15(2)22(14-17-5-3-16(13-21)4-6-17)20(24)11-12-27-19-9-7-18(8-10-19)23(25)26/h3-10,15H,11-12,14H2,1-2H3. The van der Waals surface area contributed by atoms with E-state index >= 15 is 0 Å². The van der Waals surface area contributed by atoms with Crippen LogP contribution in [0.3, 0.4) is 0 Å². The van der Waals surface area contributed by atoms with Crippen LogP contribution < -0.4 is 4.74 Å². The summed E-state index contributed by atoms with van der Waals surface area (Å²) in [6, 6.07) is 15.0. The second kappa shape index (κ2) is 9.34. The molecule has 0 atom stereocenters. The first-order valence-electron chi connectivity index (χ1n) is 8.56. The minimum Gasteiger partial charge on any atom is -0.493 e. The maximum absolute atomic E-state index is 12.6. The van der Waals surface area contributed by atoms with Gasteiger partial charge in [0.2, 0.25) is 5.91 Å². The van der Waals surface area contributed by atoms with Gasteiger partial charge in [0.1, 0.15) is 5.75 Å². The van der Waals surface area contributed by atoms with Gasteiger partial charge in [-0.1, -0.05) is 12.1 Å². The molecule has 0 aliphatic rings. The van der Waals surface area contributed by atoms with Crippen LogP contribution in [0, 0.1) is 21.4 Å². The van der Waals surface area contributed by atoms with Crippen LogP contribution in [0.5, 0.6) is 5.75 Å². The summed E-state index contributed by atoms with van der Waals surface area (Å²) in [6.45, 7) is 4.53. The van der Waals surface area contributed by atoms with Gasteiger partial charge in [0.15, 0.2) is 0 Å². The van der Waals surface area contributed by atoms with Gasteiger partial charge in [-0.15, -0.1) is 0 Å². The summed E-state index contributed by atoms with van der Waals surface area (Å²) in [5, 5.41) is 19.5. The maximum Gasteiger partial charge on any atom is 0.269 e. The van der Waals surface area contributed by atoms with Crippen molar-refractivity contribution in [1.29, 1.82) is 5.26 Å². The van der Waals surface area contributed by atoms with Gasteiger partial charge < -0.3 is 9.64 Å². The van der Waals surface area contributed by atoms with Gasteiger partial charge in [0, 0.05) is 24.7 Å². The summed E-state index contributed by atoms with van der Waals surface area (Å²) < 4.78 is 5.52. The molecule has 0 unspecified atom stereocenters. The molecule has 0 saturated carbocycles. The number of carbonyl (C=O) groups excluding carboxylic acids is 1. The first kappa shape index (κ1) is 19.9. The lowest BCUT2D eigenvalue weighted by molar-refractivity contribution is -0.384. The maximum atomic E-state index is 12.6. The summed E-state index contributed by atoms with van der Waals surface area (Å²) in [5.74, 6) is 0.438. The molecule has 0 saturated heterocycles. The molecule has 27 heavy (non-hydrogen) atoms. The number of carbonyl (C=O) groups is 1. The summed E-state index contributed by atoms with van der Waals surface area (Å²) in [5.41, 5.74) is 1.52. The monoisotopic (exact) mass is 367 g/mol. The topological polar surface area (TPSA) is 96.5 Å². The number of benzene rings is 2. The van der Waals surface area contributed by atoms with Crippen molar-refractivity contribution in [2.75, 3.05) is 6.61 Å². The molecule has 0 spiro atoms. The molecule has 0 aromatic heterocycles. The molecule has 2 rings (SSSR count). The minimum atomic E-state index is -0.475. The average Bonchev–Trinajstić information content (AvgIpc) is 2.66. The number of amides is 1. The normalized spacial score (nSPS) is 10.3. The van der Waals surface area contributed by atoms with Gasteiger partial charge in [-0.3, -0.25) is 14.9 Å². The van der Waals surface area contributed by atoms with Crippen LogP contribution in [-0.2, 0) is 11.3 Å². The Balaban J connectivity index is 1.90. The number of hydrogen-bond donors (Lipinski definition) is 0. The molecule has 2 aromatic carbocycles. The number of nitrogens with zero attached hydrogens (tertiary/aromatic N) is 3. The van der Waals surface area contributed by atoms with Gasteiger partial charge in [-0.2, -0.15) is 5.26 Å². The van der Waals surface area contributed by atoms with E-state index in [0.29, 0.717) is 17.9 Å². The van der Waals surface area contributed by atoms with E-state index in [9.17, 15) is 14.9 Å². The Morgan fingerprint density at radius 1 is 1.19 bits per heavy atom. The Bertz CT molecular complexity index is 824. The number of hydrogen-bond acceptors (Lipinski definition) is 5. The predicted molar refractivity (Wildman–Crippen MR) is 100 cm³/mol. The van der Waals surface area contributed by atoms with Crippen molar-refractivity contribution in [3.8, 4) is 11.8 Å². The van der Waals surface area contributed by atoms with E-state index < -0.39 is 4.92 Å². The summed E-state index contributed by atoms with van der Waals surface area (Å²) in [7, 11) is 0. The largest absolute Gasteiger partial charge is 0.493 e. The highest BCUT2D eigenvalue weighted by atomic mass is 16.6. The summed E-state index contributed by atoms with van der Waals surface area (Å²) >= 11 is 0. The highest BCUT2D eigenvalue weighted by molar-refractivity contribution is 5.76. The predicted octanol–water partition coefficient (Wildman–Crippen LogP) is 3.67. The van der Waals surface area contributed by atoms with Crippen molar-refractivity contribution in [2.45, 2.75) is 32.9 Å². The van der Waals surface area contributed by atoms with Crippen LogP contribution in [0.4, 0.5) is 5.69 Å². The van der Waals surface area contributed by atoms with E-state index in [1.807, 2.05) is 26.0 Å². The fourth-order valence-electron chi connectivity index (χ4n) is 2.50. The molecule has 7 heteroatoms. The van der Waals surface area contributed by atoms with Gasteiger partial charge in [0.05, 0.1) is 29.6 Å². The van der Waals surface area contributed by atoms with E-state index in [1.165, 1.54) is 24.3 Å². The second-order valence-electron chi connectivity index (χ2n) is 6.27. The third-order valence-corrected chi connectivity index (χ3v) is 4.01. The molecule has 0 heterocycles. The van der Waals surface area contributed by atoms with Gasteiger partial charge >= 0.3 is 0 Å². The zero-order chi connectivity index (χ0) is 19.8. The third kappa shape index (κ3) is 5.82. The lowest BCUT2D eigenvalue weighted by Crippen LogP contribution is -2.37. The minimum absolute atomic E-state index is 0.00757. The lowest BCUT2D eigenvalue weighted by Gasteiger charge is -2.27. The zero-order valence-corrected chi connectivity index (χ0v) is 15.3. The zero-order valence-electron chi connectivity index (χ0n) is 15.3. The number of non-ortho nitro benzene ring substituents is 1. The quantitative estimate of drug-likeness (QED) is 0.524. The molecule has 0 radical (unpaired) electrons. The first-order chi connectivity index (χ1) is 12.9. The molecule has 0 aliphatic carbocycles. The third-order valence-electron chi connectivity index (χ3n) is 4.01. The van der Waals surface area contributed by atoms with Crippen LogP contribution in [0.1, 0.15) is 31.4 Å². The van der Waals surface area contributed by atoms with Gasteiger partial charge in [-0.05, 0) is 43.7 Å². The van der Waals surface area contributed by atoms with Crippen LogP contribution in [0.15, 0.2) is 48.5 Å². The van der Waals surface area contributed by atoms with Crippen LogP contribution in [0.25, 0.3) is 0 Å². The molecule has 0 bridgehead atoms. The number of ether oxygens (including phenoxy) is 1. The molecule has 0 fully saturated rings. The number of nitriles is 1. The molecule has 0 N–H and O–H groups in total. The summed E-state index contributed by atoms with van der Waals surface area (Å²) in [6.07, 6.45) is 0.200. The van der Waals surface area contributed by atoms with Crippen LogP contribution in [0.2, 0.25) is 0 Å². The van der Waals surface area contributed by atoms with Gasteiger partial charge in [0.25, 0.3) is 5.69 Å². The van der Waals surface area contributed by atoms with E-state index in [4.69, 9.17) is 10.00 Å². The number of nitro groups is 1. The van der Waals surface area contributed by atoms with E-state index in [1.54, 1.807) is 17.0 Å². The van der Waals surface area contributed by atoms with E-state index in [2.05, 4.69) is 6.07 Å². The number of rotatable bonds is 8. The Labute approximate surface area is 157 Å². The Hall–Kier alpha value is -3.40. The van der Waals surface area contributed by atoms with Crippen molar-refractivity contribution in [3.05, 3.63) is 69.8 Å². The molecule has 0 aliphatic heterocycles. The summed E-state index contributed by atoms with van der Waals surface area (Å²) in [4.78, 5) is 24.5. The molecular weight excluding hydrogens is 346 g/mol. The van der Waals surface area contributed by atoms with Gasteiger partial charge in [-0.25, -0.2) is 0 Å². The highest BCUT2D eigenvalue weighted by Crippen LogP contribution is 2.18. The van der Waals surface area contributed by atoms with E-state index in [0.717, 1.165) is 5.56 Å². The SMILES string of the molecule is CC(C)N(Cc1ccc(C#N)cc1)C(=O)CCOc1ccc([N+](=O)[O-])cc1. The molecule has 2 aromatic rings. The average molecular weight is 367 g/mol. The Morgan fingerprint density at radius 3 is 2.33 bits per heavy atom. The number of nitro benzene ring substituents is 1. The molecule has 1 amide bonds. The van der Waals surface area contributed by atoms with E-state index in [-0.39, 0.29) is 30.7 Å². The highest BCUT2D eigenvalue weighted by Gasteiger charge is 2.17. The van der Waals surface area contributed by atoms with Crippen molar-refractivity contribution in [3.63, 3.8) is 0 Å². The Kier molecular flexibility index (Phi) is 6.89. The van der Waals surface area contributed by atoms with Crippen molar-refractivity contribution in [1.82, 2.24) is 4.90 Å². The molecule has 140 valence electrons. The second-order valence-corrected chi connectivity index (χ2v) is 6.27. The molecular formula is C20H21N3O4. The smallest absolute Gasteiger partial charge is 0.269 e. The van der Waals surface area contributed by atoms with Crippen LogP contribution >= 0.6 is 0 Å². The van der Waals surface area contributed by atoms with Crippen molar-refractivity contribution >= 4 is 11.6 Å². The van der Waals surface area contributed by atoms with Crippen molar-refractivity contribution in [2.24, 2.45) is 0 Å². The van der Waals surface area contributed by atoms with Crippen LogP contribution in [-0.4, -0.2) is 28.4 Å². The fraction of sp³-hybridized carbons (Fsp3) is 0.300. The Morgan fingerprint density at radius 2 is 1.81 bits per heavy atom. The fourth-order valence-corrected chi connectivity index (χ4v) is 2.50. The first-order valence-corrected chi connectivity index (χ1v) is 8.56.